The molecule has 1 nitrogen and oxygen atoms in total. The number of nitrogens with zero attached hydrogens (tertiary/aromatic N) is 1. The number of rotatable bonds is 6. The zero-order valence-corrected chi connectivity index (χ0v) is 11.2. The molecule has 0 aromatic heterocycles. The number of hydrogen-bond acceptors (Lipinski definition) is 3. The van der Waals surface area contributed by atoms with Crippen molar-refractivity contribution >= 4 is 24.4 Å². The van der Waals surface area contributed by atoms with Crippen LogP contribution in [0.2, 0.25) is 0 Å². The zero-order chi connectivity index (χ0) is 10.5. The van der Waals surface area contributed by atoms with E-state index in [2.05, 4.69) is 51.6 Å². The molecule has 1 unspecified atom stereocenters. The quantitative estimate of drug-likeness (QED) is 0.687. The van der Waals surface area contributed by atoms with E-state index in [-0.39, 0.29) is 0 Å². The van der Waals surface area contributed by atoms with Gasteiger partial charge < -0.3 is 4.90 Å². The topological polar surface area (TPSA) is 3.24 Å². The van der Waals surface area contributed by atoms with Crippen molar-refractivity contribution in [2.24, 2.45) is 5.41 Å². The summed E-state index contributed by atoms with van der Waals surface area (Å²) in [7, 11) is 2.20. The fraction of sp³-hybridized carbons (Fsp3) is 1.00. The van der Waals surface area contributed by atoms with Crippen LogP contribution < -0.4 is 0 Å². The number of thioether (sulfide) groups is 1. The molecule has 1 atom stereocenters. The van der Waals surface area contributed by atoms with Crippen LogP contribution in [0.1, 0.15) is 20.8 Å². The molecule has 0 heterocycles. The third-order valence-electron chi connectivity index (χ3n) is 2.27. The molecule has 0 spiro atoms. The maximum atomic E-state index is 4.36. The monoisotopic (exact) mass is 221 g/mol. The van der Waals surface area contributed by atoms with Gasteiger partial charge in [-0.15, -0.1) is 0 Å². The van der Waals surface area contributed by atoms with Crippen LogP contribution >= 0.6 is 24.4 Å². The lowest BCUT2D eigenvalue weighted by Crippen LogP contribution is -2.39. The van der Waals surface area contributed by atoms with Gasteiger partial charge in [0, 0.05) is 18.3 Å². The summed E-state index contributed by atoms with van der Waals surface area (Å²) in [6.07, 6.45) is 2.16. The summed E-state index contributed by atoms with van der Waals surface area (Å²) in [4.78, 5) is 2.42. The predicted octanol–water partition coefficient (Wildman–Crippen LogP) is 2.63. The van der Waals surface area contributed by atoms with Gasteiger partial charge in [-0.25, -0.2) is 0 Å². The highest BCUT2D eigenvalue weighted by Gasteiger charge is 2.20. The third-order valence-corrected chi connectivity index (χ3v) is 3.94. The molecule has 0 saturated carbocycles. The van der Waals surface area contributed by atoms with Crippen molar-refractivity contribution in [2.45, 2.75) is 26.8 Å². The van der Waals surface area contributed by atoms with Crippen molar-refractivity contribution in [3.8, 4) is 0 Å². The van der Waals surface area contributed by atoms with Gasteiger partial charge in [0.05, 0.1) is 0 Å². The van der Waals surface area contributed by atoms with E-state index in [0.717, 1.165) is 12.3 Å². The van der Waals surface area contributed by atoms with Crippen LogP contribution in [-0.4, -0.2) is 42.3 Å². The average Bonchev–Trinajstić information content (AvgIpc) is 2.04. The lowest BCUT2D eigenvalue weighted by molar-refractivity contribution is 0.196. The minimum atomic E-state index is 0.324. The van der Waals surface area contributed by atoms with Crippen LogP contribution in [0.25, 0.3) is 0 Å². The first-order chi connectivity index (χ1) is 5.93. The number of hydrogen-bond donors (Lipinski definition) is 1. The largest absolute Gasteiger partial charge is 0.302 e. The Morgan fingerprint density at radius 2 is 2.00 bits per heavy atom. The van der Waals surface area contributed by atoms with Gasteiger partial charge >= 0.3 is 0 Å². The molecule has 13 heavy (non-hydrogen) atoms. The Labute approximate surface area is 93.1 Å². The summed E-state index contributed by atoms with van der Waals surface area (Å²) in [5, 5.41) is 0. The summed E-state index contributed by atoms with van der Waals surface area (Å²) < 4.78 is 0. The Kier molecular flexibility index (Phi) is 6.52. The lowest BCUT2D eigenvalue weighted by Gasteiger charge is -2.32. The van der Waals surface area contributed by atoms with E-state index in [4.69, 9.17) is 0 Å². The molecule has 0 rings (SSSR count). The fourth-order valence-electron chi connectivity index (χ4n) is 1.25. The molecular weight excluding hydrogens is 198 g/mol. The second-order valence-corrected chi connectivity index (χ2v) is 5.77. The third kappa shape index (κ3) is 5.87. The smallest absolute Gasteiger partial charge is 0.0155 e. The van der Waals surface area contributed by atoms with Crippen molar-refractivity contribution in [3.63, 3.8) is 0 Å². The Bertz CT molecular complexity index is 137. The average molecular weight is 221 g/mol. The first-order valence-electron chi connectivity index (χ1n) is 4.73. The van der Waals surface area contributed by atoms with E-state index >= 15 is 0 Å². The first-order valence-corrected chi connectivity index (χ1v) is 6.75. The van der Waals surface area contributed by atoms with Crippen LogP contribution in [0.5, 0.6) is 0 Å². The van der Waals surface area contributed by atoms with Crippen molar-refractivity contribution < 1.29 is 0 Å². The van der Waals surface area contributed by atoms with Crippen molar-refractivity contribution in [3.05, 3.63) is 0 Å². The molecule has 3 heteroatoms. The van der Waals surface area contributed by atoms with E-state index in [1.807, 2.05) is 11.8 Å². The zero-order valence-electron chi connectivity index (χ0n) is 9.50. The molecule has 0 radical (unpaired) electrons. The van der Waals surface area contributed by atoms with Crippen LogP contribution in [0.3, 0.4) is 0 Å². The highest BCUT2D eigenvalue weighted by atomic mass is 32.2. The minimum Gasteiger partial charge on any atom is -0.302 e. The minimum absolute atomic E-state index is 0.324. The van der Waals surface area contributed by atoms with Crippen molar-refractivity contribution in [2.75, 3.05) is 31.4 Å². The molecule has 0 amide bonds. The van der Waals surface area contributed by atoms with E-state index in [1.165, 1.54) is 5.75 Å². The lowest BCUT2D eigenvalue weighted by atomic mass is 9.95. The van der Waals surface area contributed by atoms with Crippen molar-refractivity contribution in [1.82, 2.24) is 4.90 Å². The SMILES string of the molecule is CSCC(C)N(C)CC(C)(C)CS. The van der Waals surface area contributed by atoms with Gasteiger partial charge in [0.15, 0.2) is 0 Å². The molecule has 0 fully saturated rings. The predicted molar refractivity (Wildman–Crippen MR) is 68.1 cm³/mol. The van der Waals surface area contributed by atoms with Crippen LogP contribution in [0, 0.1) is 5.41 Å². The first kappa shape index (κ1) is 13.7. The Hall–Kier alpha value is 0.660. The molecule has 0 aliphatic rings. The highest BCUT2D eigenvalue weighted by Crippen LogP contribution is 2.19. The standard InChI is InChI=1S/C10H23NS2/c1-9(6-13-5)11(4)7-10(2,3)8-12/h9,12H,6-8H2,1-5H3. The summed E-state index contributed by atoms with van der Waals surface area (Å²) in [6, 6.07) is 0.661. The molecule has 0 bridgehead atoms. The van der Waals surface area contributed by atoms with Gasteiger partial charge in [-0.1, -0.05) is 13.8 Å². The van der Waals surface area contributed by atoms with Gasteiger partial charge in [-0.3, -0.25) is 0 Å². The maximum Gasteiger partial charge on any atom is 0.0155 e. The Balaban J connectivity index is 3.91. The maximum absolute atomic E-state index is 4.36. The summed E-state index contributed by atoms with van der Waals surface area (Å²) in [5.74, 6) is 2.16. The molecular formula is C10H23NS2. The van der Waals surface area contributed by atoms with Crippen LogP contribution in [0.4, 0.5) is 0 Å². The number of thiol groups is 1. The molecule has 0 aliphatic heterocycles. The molecule has 0 aliphatic carbocycles. The van der Waals surface area contributed by atoms with Gasteiger partial charge in [0.1, 0.15) is 0 Å². The van der Waals surface area contributed by atoms with E-state index < -0.39 is 0 Å². The van der Waals surface area contributed by atoms with E-state index in [0.29, 0.717) is 11.5 Å². The van der Waals surface area contributed by atoms with Gasteiger partial charge in [0.25, 0.3) is 0 Å². The molecule has 0 saturated heterocycles. The molecule has 80 valence electrons. The molecule has 0 N–H and O–H groups in total. The fourth-order valence-corrected chi connectivity index (χ4v) is 2.09. The Morgan fingerprint density at radius 1 is 1.46 bits per heavy atom. The van der Waals surface area contributed by atoms with Crippen LogP contribution in [-0.2, 0) is 0 Å². The molecule has 0 aromatic rings. The van der Waals surface area contributed by atoms with E-state index in [9.17, 15) is 0 Å². The summed E-state index contributed by atoms with van der Waals surface area (Å²) >= 11 is 6.28. The highest BCUT2D eigenvalue weighted by molar-refractivity contribution is 7.98. The normalized spacial score (nSPS) is 15.0. The van der Waals surface area contributed by atoms with Gasteiger partial charge in [-0.2, -0.15) is 24.4 Å². The van der Waals surface area contributed by atoms with Gasteiger partial charge in [-0.05, 0) is 31.4 Å². The summed E-state index contributed by atoms with van der Waals surface area (Å²) in [5.41, 5.74) is 0.324. The van der Waals surface area contributed by atoms with Crippen LogP contribution in [0.15, 0.2) is 0 Å². The second-order valence-electron chi connectivity index (χ2n) is 4.54. The Morgan fingerprint density at radius 3 is 2.38 bits per heavy atom. The van der Waals surface area contributed by atoms with Crippen molar-refractivity contribution in [1.29, 1.82) is 0 Å². The van der Waals surface area contributed by atoms with Gasteiger partial charge in [0.2, 0.25) is 0 Å². The second kappa shape index (κ2) is 6.20. The molecule has 0 aromatic carbocycles. The van der Waals surface area contributed by atoms with E-state index in [1.54, 1.807) is 0 Å². The summed E-state index contributed by atoms with van der Waals surface area (Å²) in [6.45, 7) is 7.94.